The predicted octanol–water partition coefficient (Wildman–Crippen LogP) is 4.46. The van der Waals surface area contributed by atoms with E-state index in [1.807, 2.05) is 0 Å². The molecule has 0 spiro atoms. The highest BCUT2D eigenvalue weighted by atomic mass is 32.1. The van der Waals surface area contributed by atoms with Crippen LogP contribution >= 0.6 is 11.3 Å². The summed E-state index contributed by atoms with van der Waals surface area (Å²) in [5.41, 5.74) is 1.24. The Morgan fingerprint density at radius 1 is 1.26 bits per heavy atom. The summed E-state index contributed by atoms with van der Waals surface area (Å²) >= 11 is 0.562. The van der Waals surface area contributed by atoms with Gasteiger partial charge in [0.15, 0.2) is 0 Å². The van der Waals surface area contributed by atoms with Gasteiger partial charge in [-0.1, -0.05) is 31.2 Å². The van der Waals surface area contributed by atoms with Crippen molar-refractivity contribution in [1.82, 2.24) is 4.98 Å². The van der Waals surface area contributed by atoms with Crippen LogP contribution in [0.2, 0.25) is 0 Å². The molecular formula is C18H18F3NO4S. The highest BCUT2D eigenvalue weighted by Gasteiger charge is 2.36. The second-order valence-electron chi connectivity index (χ2n) is 5.30. The molecule has 0 saturated carbocycles. The summed E-state index contributed by atoms with van der Waals surface area (Å²) < 4.78 is 53.9. The molecule has 0 unspecified atom stereocenters. The second kappa shape index (κ2) is 8.90. The van der Waals surface area contributed by atoms with Gasteiger partial charge in [0.25, 0.3) is 0 Å². The molecule has 27 heavy (non-hydrogen) atoms. The number of esters is 1. The summed E-state index contributed by atoms with van der Waals surface area (Å²) in [4.78, 5) is 16.0. The Bertz CT molecular complexity index is 830. The molecule has 5 nitrogen and oxygen atoms in total. The Labute approximate surface area is 158 Å². The van der Waals surface area contributed by atoms with Crippen LogP contribution in [-0.4, -0.2) is 25.2 Å². The number of ether oxygens (including phenoxy) is 3. The van der Waals surface area contributed by atoms with E-state index in [2.05, 4.69) is 4.98 Å². The zero-order valence-electron chi connectivity index (χ0n) is 14.9. The standard InChI is InChI=1S/C18H18F3NO4S/c1-4-14-15(22-17(27-14)18(19,20)21)26-9-11-7-5-6-8-12(11)13(10-24-2)16(23)25-3/h5-8,10H,4,9H2,1-3H3. The van der Waals surface area contributed by atoms with E-state index in [0.717, 1.165) is 0 Å². The molecule has 9 heteroatoms. The number of aromatic nitrogens is 1. The maximum absolute atomic E-state index is 12.9. The lowest BCUT2D eigenvalue weighted by molar-refractivity contribution is -0.138. The maximum Gasteiger partial charge on any atom is 0.443 e. The fourth-order valence-electron chi connectivity index (χ4n) is 2.30. The minimum Gasteiger partial charge on any atom is -0.503 e. The van der Waals surface area contributed by atoms with Crippen molar-refractivity contribution in [2.45, 2.75) is 26.1 Å². The summed E-state index contributed by atoms with van der Waals surface area (Å²) in [5.74, 6) is -0.661. The first-order chi connectivity index (χ1) is 12.8. The Morgan fingerprint density at radius 3 is 2.56 bits per heavy atom. The maximum atomic E-state index is 12.9. The van der Waals surface area contributed by atoms with Crippen molar-refractivity contribution in [3.8, 4) is 5.88 Å². The highest BCUT2D eigenvalue weighted by Crippen LogP contribution is 2.37. The molecule has 0 atom stereocenters. The molecule has 2 rings (SSSR count). The van der Waals surface area contributed by atoms with E-state index in [-0.39, 0.29) is 18.1 Å². The largest absolute Gasteiger partial charge is 0.503 e. The van der Waals surface area contributed by atoms with Gasteiger partial charge >= 0.3 is 12.1 Å². The summed E-state index contributed by atoms with van der Waals surface area (Å²) in [6.07, 6.45) is -2.91. The van der Waals surface area contributed by atoms with Crippen molar-refractivity contribution in [2.24, 2.45) is 0 Å². The zero-order valence-corrected chi connectivity index (χ0v) is 15.7. The van der Waals surface area contributed by atoms with Crippen molar-refractivity contribution in [3.63, 3.8) is 0 Å². The third kappa shape index (κ3) is 5.00. The molecule has 1 heterocycles. The summed E-state index contributed by atoms with van der Waals surface area (Å²) in [6, 6.07) is 6.81. The molecule has 1 aromatic carbocycles. The number of hydrogen-bond acceptors (Lipinski definition) is 6. The number of methoxy groups -OCH3 is 2. The van der Waals surface area contributed by atoms with Gasteiger partial charge in [0.05, 0.1) is 25.4 Å². The van der Waals surface area contributed by atoms with Gasteiger partial charge < -0.3 is 14.2 Å². The van der Waals surface area contributed by atoms with Gasteiger partial charge in [-0.15, -0.1) is 11.3 Å². The molecule has 0 amide bonds. The van der Waals surface area contributed by atoms with Crippen LogP contribution < -0.4 is 4.74 Å². The zero-order chi connectivity index (χ0) is 20.0. The van der Waals surface area contributed by atoms with Crippen LogP contribution in [0.25, 0.3) is 5.57 Å². The monoisotopic (exact) mass is 401 g/mol. The van der Waals surface area contributed by atoms with Gasteiger partial charge in [-0.25, -0.2) is 4.79 Å². The Morgan fingerprint density at radius 2 is 1.96 bits per heavy atom. The molecule has 1 aromatic heterocycles. The molecule has 146 valence electrons. The number of hydrogen-bond donors (Lipinski definition) is 0. The third-order valence-corrected chi connectivity index (χ3v) is 4.76. The number of aryl methyl sites for hydroxylation is 1. The first-order valence-corrected chi connectivity index (χ1v) is 8.72. The van der Waals surface area contributed by atoms with Gasteiger partial charge in [0, 0.05) is 0 Å². The van der Waals surface area contributed by atoms with Crippen LogP contribution in [0.1, 0.15) is 27.9 Å². The van der Waals surface area contributed by atoms with E-state index in [0.29, 0.717) is 33.8 Å². The molecule has 2 aromatic rings. The Hall–Kier alpha value is -2.55. The van der Waals surface area contributed by atoms with Gasteiger partial charge in [0.1, 0.15) is 12.2 Å². The first kappa shape index (κ1) is 20.8. The molecule has 0 N–H and O–H groups in total. The van der Waals surface area contributed by atoms with E-state index in [1.165, 1.54) is 20.5 Å². The van der Waals surface area contributed by atoms with Crippen molar-refractivity contribution < 1.29 is 32.2 Å². The van der Waals surface area contributed by atoms with E-state index in [9.17, 15) is 18.0 Å². The molecule has 0 fully saturated rings. The van der Waals surface area contributed by atoms with Crippen molar-refractivity contribution in [3.05, 3.63) is 51.5 Å². The minimum absolute atomic E-state index is 0.0556. The fraction of sp³-hybridized carbons (Fsp3) is 0.333. The van der Waals surface area contributed by atoms with Gasteiger partial charge in [-0.2, -0.15) is 18.2 Å². The number of alkyl halides is 3. The smallest absolute Gasteiger partial charge is 0.443 e. The van der Waals surface area contributed by atoms with Crippen LogP contribution in [0.4, 0.5) is 13.2 Å². The average Bonchev–Trinajstić information content (AvgIpc) is 3.08. The van der Waals surface area contributed by atoms with Crippen molar-refractivity contribution in [1.29, 1.82) is 0 Å². The normalized spacial score (nSPS) is 12.0. The quantitative estimate of drug-likeness (QED) is 0.389. The number of rotatable bonds is 7. The fourth-order valence-corrected chi connectivity index (χ4v) is 3.11. The number of thiazole rings is 1. The van der Waals surface area contributed by atoms with Crippen LogP contribution in [0.15, 0.2) is 30.5 Å². The lowest BCUT2D eigenvalue weighted by Gasteiger charge is -2.12. The number of carbonyl (C=O) groups excluding carboxylic acids is 1. The average molecular weight is 401 g/mol. The molecule has 0 aliphatic carbocycles. The molecule has 0 radical (unpaired) electrons. The molecule has 0 aliphatic rings. The van der Waals surface area contributed by atoms with Gasteiger partial charge in [-0.05, 0) is 17.5 Å². The van der Waals surface area contributed by atoms with E-state index in [4.69, 9.17) is 14.2 Å². The SMILES string of the molecule is CCc1sc(C(F)(F)F)nc1OCc1ccccc1C(=COC)C(=O)OC. The van der Waals surface area contributed by atoms with Gasteiger partial charge in [0.2, 0.25) is 10.9 Å². The first-order valence-electron chi connectivity index (χ1n) is 7.91. The van der Waals surface area contributed by atoms with Crippen LogP contribution in [0, 0.1) is 0 Å². The molecule has 0 aliphatic heterocycles. The number of nitrogens with zero attached hydrogens (tertiary/aromatic N) is 1. The van der Waals surface area contributed by atoms with Crippen LogP contribution in [-0.2, 0) is 33.5 Å². The predicted molar refractivity (Wildman–Crippen MR) is 94.3 cm³/mol. The molecular weight excluding hydrogens is 383 g/mol. The molecule has 0 bridgehead atoms. The van der Waals surface area contributed by atoms with Crippen LogP contribution in [0.5, 0.6) is 5.88 Å². The summed E-state index contributed by atoms with van der Waals surface area (Å²) in [7, 11) is 2.63. The summed E-state index contributed by atoms with van der Waals surface area (Å²) in [6.45, 7) is 1.66. The second-order valence-corrected chi connectivity index (χ2v) is 6.39. The lowest BCUT2D eigenvalue weighted by atomic mass is 10.0. The topological polar surface area (TPSA) is 57.7 Å². The van der Waals surface area contributed by atoms with Gasteiger partial charge in [-0.3, -0.25) is 0 Å². The number of benzene rings is 1. The summed E-state index contributed by atoms with van der Waals surface area (Å²) in [5, 5.41) is -0.947. The Balaban J connectivity index is 2.31. The third-order valence-electron chi connectivity index (χ3n) is 3.54. The van der Waals surface area contributed by atoms with E-state index >= 15 is 0 Å². The van der Waals surface area contributed by atoms with Crippen LogP contribution in [0.3, 0.4) is 0 Å². The minimum atomic E-state index is -4.52. The lowest BCUT2D eigenvalue weighted by Crippen LogP contribution is -2.09. The van der Waals surface area contributed by atoms with E-state index < -0.39 is 17.2 Å². The Kier molecular flexibility index (Phi) is 6.84. The highest BCUT2D eigenvalue weighted by molar-refractivity contribution is 7.12. The van der Waals surface area contributed by atoms with E-state index in [1.54, 1.807) is 31.2 Å². The number of halogens is 3. The van der Waals surface area contributed by atoms with Crippen molar-refractivity contribution in [2.75, 3.05) is 14.2 Å². The number of carbonyl (C=O) groups is 1. The molecule has 0 saturated heterocycles. The van der Waals surface area contributed by atoms with Crippen molar-refractivity contribution >= 4 is 22.9 Å².